The summed E-state index contributed by atoms with van der Waals surface area (Å²) in [5.74, 6) is -0.0150. The number of aromatic amines is 2. The Kier molecular flexibility index (Phi) is 4.26. The van der Waals surface area contributed by atoms with Crippen molar-refractivity contribution in [3.63, 3.8) is 0 Å². The number of amides is 1. The third kappa shape index (κ3) is 3.39. The number of carbonyl (C=O) groups excluding carboxylic acids is 1. The number of aryl methyl sites for hydroxylation is 2. The van der Waals surface area contributed by atoms with Gasteiger partial charge in [0.05, 0.1) is 0 Å². The molecule has 0 atom stereocenters. The molecule has 0 radical (unpaired) electrons. The lowest BCUT2D eigenvalue weighted by Gasteiger charge is -2.07. The van der Waals surface area contributed by atoms with Gasteiger partial charge in [0.15, 0.2) is 0 Å². The van der Waals surface area contributed by atoms with E-state index in [4.69, 9.17) is 0 Å². The number of nitrogens with zero attached hydrogens (tertiary/aromatic N) is 1. The molecule has 0 aliphatic heterocycles. The van der Waals surface area contributed by atoms with Crippen LogP contribution in [0.15, 0.2) is 16.9 Å². The normalized spacial score (nSPS) is 10.9. The summed E-state index contributed by atoms with van der Waals surface area (Å²) >= 11 is 0. The maximum atomic E-state index is 12.0. The summed E-state index contributed by atoms with van der Waals surface area (Å²) in [5.41, 5.74) is 3.30. The second-order valence-corrected chi connectivity index (χ2v) is 5.49. The molecule has 6 heteroatoms. The minimum Gasteiger partial charge on any atom is -0.346 e. The molecule has 0 bridgehead atoms. The second kappa shape index (κ2) is 5.95. The Morgan fingerprint density at radius 1 is 1.33 bits per heavy atom. The average molecular weight is 288 g/mol. The molecule has 2 rings (SSSR count). The minimum absolute atomic E-state index is 0.169. The van der Waals surface area contributed by atoms with E-state index in [0.29, 0.717) is 11.3 Å². The van der Waals surface area contributed by atoms with Crippen LogP contribution in [-0.4, -0.2) is 21.1 Å². The van der Waals surface area contributed by atoms with Crippen molar-refractivity contribution in [2.24, 2.45) is 0 Å². The van der Waals surface area contributed by atoms with Gasteiger partial charge in [-0.25, -0.2) is 0 Å². The molecular weight excluding hydrogens is 268 g/mol. The van der Waals surface area contributed by atoms with Gasteiger partial charge in [-0.1, -0.05) is 13.8 Å². The highest BCUT2D eigenvalue weighted by atomic mass is 16.2. The average Bonchev–Trinajstić information content (AvgIpc) is 2.86. The lowest BCUT2D eigenvalue weighted by atomic mass is 10.1. The Balaban J connectivity index is 2.09. The molecular formula is C15H20N4O2. The van der Waals surface area contributed by atoms with Gasteiger partial charge in [-0.15, -0.1) is 0 Å². The van der Waals surface area contributed by atoms with Gasteiger partial charge in [-0.05, 0) is 37.5 Å². The first-order valence-corrected chi connectivity index (χ1v) is 6.91. The van der Waals surface area contributed by atoms with E-state index in [0.717, 1.165) is 17.0 Å². The number of aromatic nitrogens is 3. The molecule has 112 valence electrons. The Labute approximate surface area is 123 Å². The molecule has 0 saturated carbocycles. The molecule has 0 aromatic carbocycles. The Morgan fingerprint density at radius 2 is 2.05 bits per heavy atom. The first-order chi connectivity index (χ1) is 9.88. The highest BCUT2D eigenvalue weighted by molar-refractivity contribution is 5.92. The van der Waals surface area contributed by atoms with Gasteiger partial charge in [-0.2, -0.15) is 5.10 Å². The molecule has 1 amide bonds. The van der Waals surface area contributed by atoms with Gasteiger partial charge in [0, 0.05) is 23.5 Å². The maximum Gasteiger partial charge on any atom is 0.272 e. The molecule has 0 spiro atoms. The van der Waals surface area contributed by atoms with E-state index in [2.05, 4.69) is 20.5 Å². The number of nitrogens with one attached hydrogen (secondary N) is 3. The summed E-state index contributed by atoms with van der Waals surface area (Å²) in [6, 6.07) is 3.61. The van der Waals surface area contributed by atoms with Crippen LogP contribution in [0.25, 0.3) is 0 Å². The Morgan fingerprint density at radius 3 is 2.62 bits per heavy atom. The summed E-state index contributed by atoms with van der Waals surface area (Å²) in [4.78, 5) is 26.6. The highest BCUT2D eigenvalue weighted by Crippen LogP contribution is 2.12. The van der Waals surface area contributed by atoms with Crippen LogP contribution in [0.2, 0.25) is 0 Å². The SMILES string of the molecule is Cc1cc(C)c(CNC(=O)c2cc(C(C)C)[nH]n2)c(=O)[nH]1. The van der Waals surface area contributed by atoms with E-state index >= 15 is 0 Å². The molecule has 6 nitrogen and oxygen atoms in total. The molecule has 0 fully saturated rings. The van der Waals surface area contributed by atoms with Crippen LogP contribution in [0.4, 0.5) is 0 Å². The zero-order valence-corrected chi connectivity index (χ0v) is 12.7. The summed E-state index contributed by atoms with van der Waals surface area (Å²) in [6.45, 7) is 7.90. The van der Waals surface area contributed by atoms with Crippen molar-refractivity contribution in [3.8, 4) is 0 Å². The van der Waals surface area contributed by atoms with Gasteiger partial charge in [0.25, 0.3) is 11.5 Å². The summed E-state index contributed by atoms with van der Waals surface area (Å²) < 4.78 is 0. The smallest absolute Gasteiger partial charge is 0.272 e. The largest absolute Gasteiger partial charge is 0.346 e. The summed E-state index contributed by atoms with van der Waals surface area (Å²) in [5, 5.41) is 9.55. The number of carbonyl (C=O) groups is 1. The fraction of sp³-hybridized carbons (Fsp3) is 0.400. The van der Waals surface area contributed by atoms with Crippen molar-refractivity contribution in [2.75, 3.05) is 0 Å². The van der Waals surface area contributed by atoms with Crippen molar-refractivity contribution in [1.82, 2.24) is 20.5 Å². The summed E-state index contributed by atoms with van der Waals surface area (Å²) in [7, 11) is 0. The number of rotatable bonds is 4. The number of H-pyrrole nitrogens is 2. The van der Waals surface area contributed by atoms with E-state index < -0.39 is 0 Å². The van der Waals surface area contributed by atoms with E-state index in [1.54, 1.807) is 6.07 Å². The second-order valence-electron chi connectivity index (χ2n) is 5.49. The number of pyridine rings is 1. The molecule has 21 heavy (non-hydrogen) atoms. The van der Waals surface area contributed by atoms with Crippen molar-refractivity contribution in [2.45, 2.75) is 40.2 Å². The van der Waals surface area contributed by atoms with Crippen LogP contribution in [0.5, 0.6) is 0 Å². The molecule has 2 aromatic heterocycles. The molecule has 0 saturated heterocycles. The maximum absolute atomic E-state index is 12.0. The first-order valence-electron chi connectivity index (χ1n) is 6.91. The van der Waals surface area contributed by atoms with Crippen molar-refractivity contribution in [3.05, 3.63) is 50.7 Å². The zero-order valence-electron chi connectivity index (χ0n) is 12.7. The standard InChI is InChI=1S/C15H20N4O2/c1-8(2)12-6-13(19-18-12)15(21)16-7-11-9(3)5-10(4)17-14(11)20/h5-6,8H,7H2,1-4H3,(H,16,21)(H,17,20)(H,18,19). The number of hydrogen-bond acceptors (Lipinski definition) is 3. The van der Waals surface area contributed by atoms with Crippen LogP contribution in [0.1, 0.15) is 52.8 Å². The molecule has 3 N–H and O–H groups in total. The lowest BCUT2D eigenvalue weighted by molar-refractivity contribution is 0.0945. The van der Waals surface area contributed by atoms with E-state index in [1.807, 2.05) is 33.8 Å². The van der Waals surface area contributed by atoms with Crippen LogP contribution in [-0.2, 0) is 6.54 Å². The van der Waals surface area contributed by atoms with Gasteiger partial charge in [0.2, 0.25) is 0 Å². The monoisotopic (exact) mass is 288 g/mol. The van der Waals surface area contributed by atoms with Crippen molar-refractivity contribution >= 4 is 5.91 Å². The highest BCUT2D eigenvalue weighted by Gasteiger charge is 2.13. The topological polar surface area (TPSA) is 90.6 Å². The van der Waals surface area contributed by atoms with Gasteiger partial charge in [-0.3, -0.25) is 14.7 Å². The van der Waals surface area contributed by atoms with Crippen LogP contribution in [0.3, 0.4) is 0 Å². The van der Waals surface area contributed by atoms with Gasteiger partial charge in [0.1, 0.15) is 5.69 Å². The zero-order chi connectivity index (χ0) is 15.6. The Hall–Kier alpha value is -2.37. The summed E-state index contributed by atoms with van der Waals surface area (Å²) in [6.07, 6.45) is 0. The fourth-order valence-corrected chi connectivity index (χ4v) is 2.11. The predicted molar refractivity (Wildman–Crippen MR) is 80.4 cm³/mol. The van der Waals surface area contributed by atoms with Crippen molar-refractivity contribution < 1.29 is 4.79 Å². The van der Waals surface area contributed by atoms with Crippen molar-refractivity contribution in [1.29, 1.82) is 0 Å². The molecule has 0 aliphatic carbocycles. The minimum atomic E-state index is -0.294. The lowest BCUT2D eigenvalue weighted by Crippen LogP contribution is -2.28. The first kappa shape index (κ1) is 15.0. The number of hydrogen-bond donors (Lipinski definition) is 3. The molecule has 0 unspecified atom stereocenters. The van der Waals surface area contributed by atoms with Gasteiger partial charge < -0.3 is 10.3 Å². The predicted octanol–water partition coefficient (Wildman–Crippen LogP) is 1.77. The third-order valence-electron chi connectivity index (χ3n) is 3.37. The molecule has 0 aliphatic rings. The molecule has 2 aromatic rings. The molecule has 2 heterocycles. The van der Waals surface area contributed by atoms with E-state index in [-0.39, 0.29) is 23.9 Å². The van der Waals surface area contributed by atoms with Gasteiger partial charge >= 0.3 is 0 Å². The van der Waals surface area contributed by atoms with Crippen LogP contribution >= 0.6 is 0 Å². The Bertz CT molecular complexity index is 713. The quantitative estimate of drug-likeness (QED) is 0.800. The van der Waals surface area contributed by atoms with Crippen LogP contribution in [0, 0.1) is 13.8 Å². The third-order valence-corrected chi connectivity index (χ3v) is 3.37. The fourth-order valence-electron chi connectivity index (χ4n) is 2.11. The van der Waals surface area contributed by atoms with E-state index in [1.165, 1.54) is 0 Å². The van der Waals surface area contributed by atoms with E-state index in [9.17, 15) is 9.59 Å². The van der Waals surface area contributed by atoms with Crippen LogP contribution < -0.4 is 10.9 Å².